The normalized spacial score (nSPS) is 12.0. The Balaban J connectivity index is 1.96. The number of anilines is 1. The van der Waals surface area contributed by atoms with Gasteiger partial charge in [0.1, 0.15) is 0 Å². The number of amides is 1. The molecule has 1 N–H and O–H groups in total. The van der Waals surface area contributed by atoms with E-state index in [0.717, 1.165) is 12.2 Å². The summed E-state index contributed by atoms with van der Waals surface area (Å²) in [6.45, 7) is 2.01. The van der Waals surface area contributed by atoms with E-state index in [1.165, 1.54) is 5.56 Å². The van der Waals surface area contributed by atoms with Gasteiger partial charge in [-0.3, -0.25) is 4.79 Å². The molecule has 0 aromatic heterocycles. The molecule has 2 nitrogen and oxygen atoms in total. The van der Waals surface area contributed by atoms with E-state index in [1.54, 1.807) is 30.0 Å². The van der Waals surface area contributed by atoms with Gasteiger partial charge in [0, 0.05) is 21.5 Å². The predicted molar refractivity (Wildman–Crippen MR) is 96.9 cm³/mol. The molecule has 1 atom stereocenters. The van der Waals surface area contributed by atoms with E-state index in [2.05, 4.69) is 17.4 Å². The molecule has 0 fully saturated rings. The van der Waals surface area contributed by atoms with E-state index in [1.807, 2.05) is 25.1 Å². The second kappa shape index (κ2) is 8.47. The quantitative estimate of drug-likeness (QED) is 0.727. The van der Waals surface area contributed by atoms with Gasteiger partial charge >= 0.3 is 0 Å². The van der Waals surface area contributed by atoms with Gasteiger partial charge in [-0.1, -0.05) is 60.5 Å². The van der Waals surface area contributed by atoms with Gasteiger partial charge in [-0.05, 0) is 30.2 Å². The molecule has 116 valence electrons. The van der Waals surface area contributed by atoms with E-state index in [-0.39, 0.29) is 11.2 Å². The molecule has 1 unspecified atom stereocenters. The van der Waals surface area contributed by atoms with Crippen molar-refractivity contribution in [2.24, 2.45) is 0 Å². The topological polar surface area (TPSA) is 29.1 Å². The number of carbonyl (C=O) groups excluding carboxylic acids is 1. The molecule has 22 heavy (non-hydrogen) atoms. The molecule has 0 radical (unpaired) electrons. The molecule has 0 spiro atoms. The molecule has 0 aliphatic rings. The number of carbonyl (C=O) groups is 1. The SMILES string of the molecule is CCC(SCc1ccccc1)C(=O)Nc1cc(Cl)cc(Cl)c1. The van der Waals surface area contributed by atoms with Crippen LogP contribution in [0.5, 0.6) is 0 Å². The lowest BCUT2D eigenvalue weighted by molar-refractivity contribution is -0.115. The van der Waals surface area contributed by atoms with Gasteiger partial charge in [-0.25, -0.2) is 0 Å². The van der Waals surface area contributed by atoms with E-state index in [0.29, 0.717) is 15.7 Å². The van der Waals surface area contributed by atoms with E-state index < -0.39 is 0 Å². The third-order valence-corrected chi connectivity index (χ3v) is 4.97. The Morgan fingerprint density at radius 2 is 1.77 bits per heavy atom. The van der Waals surface area contributed by atoms with Crippen molar-refractivity contribution in [3.05, 3.63) is 64.1 Å². The maximum absolute atomic E-state index is 12.4. The van der Waals surface area contributed by atoms with Crippen molar-refractivity contribution in [1.82, 2.24) is 0 Å². The highest BCUT2D eigenvalue weighted by molar-refractivity contribution is 7.99. The van der Waals surface area contributed by atoms with Crippen LogP contribution in [0.15, 0.2) is 48.5 Å². The second-order valence-electron chi connectivity index (χ2n) is 4.84. The van der Waals surface area contributed by atoms with Crippen molar-refractivity contribution in [2.75, 3.05) is 5.32 Å². The molecule has 0 heterocycles. The molecular formula is C17H17Cl2NOS. The molecule has 0 bridgehead atoms. The zero-order valence-electron chi connectivity index (χ0n) is 12.2. The van der Waals surface area contributed by atoms with E-state index >= 15 is 0 Å². The Bertz CT molecular complexity index is 614. The minimum absolute atomic E-state index is 0.0261. The van der Waals surface area contributed by atoms with Crippen LogP contribution in [0.4, 0.5) is 5.69 Å². The third-order valence-electron chi connectivity index (χ3n) is 3.09. The zero-order valence-corrected chi connectivity index (χ0v) is 14.5. The fourth-order valence-corrected chi connectivity index (χ4v) is 3.56. The van der Waals surface area contributed by atoms with Crippen LogP contribution in [0, 0.1) is 0 Å². The third kappa shape index (κ3) is 5.24. The highest BCUT2D eigenvalue weighted by Gasteiger charge is 2.17. The minimum Gasteiger partial charge on any atom is -0.325 e. The average molecular weight is 354 g/mol. The summed E-state index contributed by atoms with van der Waals surface area (Å²) in [5, 5.41) is 3.78. The molecule has 0 aliphatic heterocycles. The van der Waals surface area contributed by atoms with Crippen molar-refractivity contribution < 1.29 is 4.79 Å². The average Bonchev–Trinajstić information content (AvgIpc) is 2.47. The molecule has 2 aromatic rings. The Morgan fingerprint density at radius 3 is 2.36 bits per heavy atom. The Kier molecular flexibility index (Phi) is 6.62. The van der Waals surface area contributed by atoms with Crippen molar-refractivity contribution in [3.63, 3.8) is 0 Å². The summed E-state index contributed by atoms with van der Waals surface area (Å²) < 4.78 is 0. The molecule has 5 heteroatoms. The van der Waals surface area contributed by atoms with Crippen molar-refractivity contribution in [3.8, 4) is 0 Å². The molecular weight excluding hydrogens is 337 g/mol. The molecule has 2 aromatic carbocycles. The molecule has 1 amide bonds. The lowest BCUT2D eigenvalue weighted by atomic mass is 10.2. The highest BCUT2D eigenvalue weighted by atomic mass is 35.5. The second-order valence-corrected chi connectivity index (χ2v) is 6.90. The maximum atomic E-state index is 12.4. The number of halogens is 2. The van der Waals surface area contributed by atoms with Gasteiger partial charge in [0.05, 0.1) is 5.25 Å². The van der Waals surface area contributed by atoms with Crippen LogP contribution in [0.3, 0.4) is 0 Å². The van der Waals surface area contributed by atoms with E-state index in [4.69, 9.17) is 23.2 Å². The molecule has 0 saturated carbocycles. The molecule has 2 rings (SSSR count). The van der Waals surface area contributed by atoms with Gasteiger partial charge < -0.3 is 5.32 Å². The van der Waals surface area contributed by atoms with Crippen LogP contribution >= 0.6 is 35.0 Å². The van der Waals surface area contributed by atoms with Crippen LogP contribution in [0.1, 0.15) is 18.9 Å². The number of thioether (sulfide) groups is 1. The Labute approximate surface area is 145 Å². The Hall–Kier alpha value is -1.16. The summed E-state index contributed by atoms with van der Waals surface area (Å²) in [6.07, 6.45) is 0.762. The van der Waals surface area contributed by atoms with Crippen LogP contribution in [-0.2, 0) is 10.5 Å². The van der Waals surface area contributed by atoms with E-state index in [9.17, 15) is 4.79 Å². The lowest BCUT2D eigenvalue weighted by Gasteiger charge is -2.15. The summed E-state index contributed by atoms with van der Waals surface area (Å²) >= 11 is 13.5. The van der Waals surface area contributed by atoms with Crippen molar-refractivity contribution in [2.45, 2.75) is 24.3 Å². The number of rotatable bonds is 6. The maximum Gasteiger partial charge on any atom is 0.237 e. The fraction of sp³-hybridized carbons (Fsp3) is 0.235. The van der Waals surface area contributed by atoms with Crippen LogP contribution in [-0.4, -0.2) is 11.2 Å². The standard InChI is InChI=1S/C17H17Cl2NOS/c1-2-16(22-11-12-6-4-3-5-7-12)17(21)20-15-9-13(18)8-14(19)10-15/h3-10,16H,2,11H2,1H3,(H,20,21). The minimum atomic E-state index is -0.113. The smallest absolute Gasteiger partial charge is 0.237 e. The largest absolute Gasteiger partial charge is 0.325 e. The van der Waals surface area contributed by atoms with Crippen LogP contribution in [0.2, 0.25) is 10.0 Å². The first-order valence-corrected chi connectivity index (χ1v) is 8.81. The summed E-state index contributed by atoms with van der Waals surface area (Å²) in [4.78, 5) is 12.4. The predicted octanol–water partition coefficient (Wildman–Crippen LogP) is 5.64. The van der Waals surface area contributed by atoms with Crippen LogP contribution < -0.4 is 5.32 Å². The molecule has 0 aliphatic carbocycles. The van der Waals surface area contributed by atoms with Crippen molar-refractivity contribution in [1.29, 1.82) is 0 Å². The number of benzene rings is 2. The lowest BCUT2D eigenvalue weighted by Crippen LogP contribution is -2.24. The first kappa shape index (κ1) is 17.2. The van der Waals surface area contributed by atoms with Gasteiger partial charge in [0.25, 0.3) is 0 Å². The summed E-state index contributed by atoms with van der Waals surface area (Å²) in [5.74, 6) is 0.782. The first-order chi connectivity index (χ1) is 10.6. The van der Waals surface area contributed by atoms with Gasteiger partial charge in [0.15, 0.2) is 0 Å². The summed E-state index contributed by atoms with van der Waals surface area (Å²) in [5.41, 5.74) is 1.84. The van der Waals surface area contributed by atoms with Gasteiger partial charge in [-0.2, -0.15) is 0 Å². The van der Waals surface area contributed by atoms with Crippen LogP contribution in [0.25, 0.3) is 0 Å². The monoisotopic (exact) mass is 353 g/mol. The number of hydrogen-bond donors (Lipinski definition) is 1. The molecule has 0 saturated heterocycles. The number of hydrogen-bond acceptors (Lipinski definition) is 2. The number of nitrogens with one attached hydrogen (secondary N) is 1. The summed E-state index contributed by atoms with van der Waals surface area (Å²) in [6, 6.07) is 15.2. The van der Waals surface area contributed by atoms with Gasteiger partial charge in [-0.15, -0.1) is 11.8 Å². The summed E-state index contributed by atoms with van der Waals surface area (Å²) in [7, 11) is 0. The zero-order chi connectivity index (χ0) is 15.9. The fourth-order valence-electron chi connectivity index (χ4n) is 2.00. The van der Waals surface area contributed by atoms with Crippen molar-refractivity contribution >= 4 is 46.6 Å². The highest BCUT2D eigenvalue weighted by Crippen LogP contribution is 2.25. The Morgan fingerprint density at radius 1 is 1.14 bits per heavy atom. The first-order valence-electron chi connectivity index (χ1n) is 7.01. The van der Waals surface area contributed by atoms with Gasteiger partial charge in [0.2, 0.25) is 5.91 Å².